The lowest BCUT2D eigenvalue weighted by molar-refractivity contribution is -0.122. The lowest BCUT2D eigenvalue weighted by Crippen LogP contribution is -2.44. The first kappa shape index (κ1) is 15.3. The highest BCUT2D eigenvalue weighted by molar-refractivity contribution is 7.11. The van der Waals surface area contributed by atoms with E-state index in [9.17, 15) is 14.4 Å². The summed E-state index contributed by atoms with van der Waals surface area (Å²) >= 11 is 1.22. The number of thiazole rings is 1. The molecule has 1 aromatic heterocycles. The predicted molar refractivity (Wildman–Crippen MR) is 70.7 cm³/mol. The SMILES string of the molecule is NCCC[C@H](NC(=O)CNC=O)C(=O)c1nccs1. The molecule has 0 aliphatic carbocycles. The third-order valence-corrected chi connectivity index (χ3v) is 3.13. The van der Waals surface area contributed by atoms with E-state index in [-0.39, 0.29) is 12.3 Å². The molecule has 0 saturated carbocycles. The Morgan fingerprint density at radius 1 is 1.53 bits per heavy atom. The van der Waals surface area contributed by atoms with E-state index in [2.05, 4.69) is 15.6 Å². The van der Waals surface area contributed by atoms with Crippen LogP contribution in [0.2, 0.25) is 0 Å². The topological polar surface area (TPSA) is 114 Å². The van der Waals surface area contributed by atoms with Gasteiger partial charge in [-0.05, 0) is 19.4 Å². The van der Waals surface area contributed by atoms with Crippen molar-refractivity contribution in [2.24, 2.45) is 5.73 Å². The van der Waals surface area contributed by atoms with E-state index in [4.69, 9.17) is 5.73 Å². The maximum Gasteiger partial charge on any atom is 0.239 e. The van der Waals surface area contributed by atoms with E-state index in [0.29, 0.717) is 30.8 Å². The molecule has 0 spiro atoms. The third kappa shape index (κ3) is 5.14. The Kier molecular flexibility index (Phi) is 6.69. The number of hydrogen-bond donors (Lipinski definition) is 3. The molecule has 19 heavy (non-hydrogen) atoms. The van der Waals surface area contributed by atoms with Crippen LogP contribution in [-0.4, -0.2) is 42.2 Å². The van der Waals surface area contributed by atoms with Gasteiger partial charge in [-0.3, -0.25) is 14.4 Å². The normalized spacial score (nSPS) is 11.6. The number of aromatic nitrogens is 1. The van der Waals surface area contributed by atoms with Crippen LogP contribution in [0.5, 0.6) is 0 Å². The molecule has 0 fully saturated rings. The number of Topliss-reactive ketones (excluding diaryl/α,β-unsaturated/α-hetero) is 1. The van der Waals surface area contributed by atoms with Crippen LogP contribution in [-0.2, 0) is 9.59 Å². The molecule has 0 aliphatic rings. The summed E-state index contributed by atoms with van der Waals surface area (Å²) in [6.07, 6.45) is 3.02. The minimum Gasteiger partial charge on any atom is -0.350 e. The van der Waals surface area contributed by atoms with Gasteiger partial charge in [-0.2, -0.15) is 0 Å². The van der Waals surface area contributed by atoms with Crippen LogP contribution in [0.3, 0.4) is 0 Å². The van der Waals surface area contributed by atoms with Gasteiger partial charge in [0.1, 0.15) is 0 Å². The van der Waals surface area contributed by atoms with Gasteiger partial charge in [-0.1, -0.05) is 0 Å². The Balaban J connectivity index is 2.63. The Morgan fingerprint density at radius 2 is 2.32 bits per heavy atom. The number of carbonyl (C=O) groups is 3. The van der Waals surface area contributed by atoms with E-state index in [1.54, 1.807) is 5.38 Å². The molecular formula is C11H16N4O3S. The zero-order valence-electron chi connectivity index (χ0n) is 10.3. The van der Waals surface area contributed by atoms with Gasteiger partial charge >= 0.3 is 0 Å². The van der Waals surface area contributed by atoms with Crippen LogP contribution in [0.25, 0.3) is 0 Å². The highest BCUT2D eigenvalue weighted by Gasteiger charge is 2.23. The van der Waals surface area contributed by atoms with Gasteiger partial charge in [0.2, 0.25) is 18.1 Å². The maximum absolute atomic E-state index is 12.1. The van der Waals surface area contributed by atoms with Gasteiger partial charge in [0, 0.05) is 11.6 Å². The standard InChI is InChI=1S/C11H16N4O3S/c12-3-1-2-8(15-9(17)6-13-7-16)10(18)11-14-4-5-19-11/h4-5,7-8H,1-3,6,12H2,(H,13,16)(H,15,17)/t8-/m0/s1. The van der Waals surface area contributed by atoms with Crippen LogP contribution in [0, 0.1) is 0 Å². The van der Waals surface area contributed by atoms with Gasteiger partial charge in [-0.25, -0.2) is 4.98 Å². The first-order valence-electron chi connectivity index (χ1n) is 5.79. The second kappa shape index (κ2) is 8.33. The van der Waals surface area contributed by atoms with Crippen molar-refractivity contribution in [2.75, 3.05) is 13.1 Å². The molecule has 1 aromatic rings. The van der Waals surface area contributed by atoms with Crippen molar-refractivity contribution >= 4 is 29.4 Å². The van der Waals surface area contributed by atoms with Crippen molar-refractivity contribution in [3.05, 3.63) is 16.6 Å². The molecular weight excluding hydrogens is 268 g/mol. The van der Waals surface area contributed by atoms with E-state index in [1.807, 2.05) is 0 Å². The molecule has 1 heterocycles. The monoisotopic (exact) mass is 284 g/mol. The Bertz CT molecular complexity index is 422. The third-order valence-electron chi connectivity index (χ3n) is 2.34. The van der Waals surface area contributed by atoms with Crippen molar-refractivity contribution in [3.63, 3.8) is 0 Å². The lowest BCUT2D eigenvalue weighted by Gasteiger charge is -2.16. The van der Waals surface area contributed by atoms with Gasteiger partial charge in [-0.15, -0.1) is 11.3 Å². The number of carbonyl (C=O) groups excluding carboxylic acids is 3. The summed E-state index contributed by atoms with van der Waals surface area (Å²) in [6, 6.07) is -0.657. The van der Waals surface area contributed by atoms with Crippen molar-refractivity contribution in [1.82, 2.24) is 15.6 Å². The van der Waals surface area contributed by atoms with Gasteiger partial charge in [0.15, 0.2) is 5.01 Å². The molecule has 1 atom stereocenters. The number of hydrogen-bond acceptors (Lipinski definition) is 6. The molecule has 0 bridgehead atoms. The first-order valence-corrected chi connectivity index (χ1v) is 6.67. The van der Waals surface area contributed by atoms with Crippen LogP contribution in [0.1, 0.15) is 22.6 Å². The lowest BCUT2D eigenvalue weighted by atomic mass is 10.1. The molecule has 8 heteroatoms. The number of nitrogens with two attached hydrogens (primary N) is 1. The van der Waals surface area contributed by atoms with E-state index < -0.39 is 11.9 Å². The highest BCUT2D eigenvalue weighted by Crippen LogP contribution is 2.10. The number of nitrogens with zero attached hydrogens (tertiary/aromatic N) is 1. The fourth-order valence-corrected chi connectivity index (χ4v) is 2.10. The number of rotatable bonds is 9. The molecule has 0 aromatic carbocycles. The van der Waals surface area contributed by atoms with Crippen LogP contribution < -0.4 is 16.4 Å². The van der Waals surface area contributed by atoms with Crippen molar-refractivity contribution in [3.8, 4) is 0 Å². The number of ketones is 1. The second-order valence-corrected chi connectivity index (χ2v) is 4.65. The summed E-state index contributed by atoms with van der Waals surface area (Å²) < 4.78 is 0. The van der Waals surface area contributed by atoms with Gasteiger partial charge in [0.25, 0.3) is 0 Å². The molecule has 0 unspecified atom stereocenters. The average molecular weight is 284 g/mol. The van der Waals surface area contributed by atoms with E-state index in [1.165, 1.54) is 17.5 Å². The zero-order chi connectivity index (χ0) is 14.1. The molecule has 1 rings (SSSR count). The first-order chi connectivity index (χ1) is 9.19. The van der Waals surface area contributed by atoms with Crippen LogP contribution >= 0.6 is 11.3 Å². The molecule has 7 nitrogen and oxygen atoms in total. The van der Waals surface area contributed by atoms with Crippen molar-refractivity contribution < 1.29 is 14.4 Å². The summed E-state index contributed by atoms with van der Waals surface area (Å²) in [6.45, 7) is 0.276. The quantitative estimate of drug-likeness (QED) is 0.409. The molecule has 2 amide bonds. The summed E-state index contributed by atoms with van der Waals surface area (Å²) in [5, 5.41) is 6.87. The minimum absolute atomic E-state index is 0.159. The van der Waals surface area contributed by atoms with Crippen molar-refractivity contribution in [2.45, 2.75) is 18.9 Å². The summed E-state index contributed by atoms with van der Waals surface area (Å²) in [7, 11) is 0. The Morgan fingerprint density at radius 3 is 2.89 bits per heavy atom. The molecule has 4 N–H and O–H groups in total. The van der Waals surface area contributed by atoms with E-state index in [0.717, 1.165) is 0 Å². The smallest absolute Gasteiger partial charge is 0.239 e. The zero-order valence-corrected chi connectivity index (χ0v) is 11.1. The fourth-order valence-electron chi connectivity index (χ4n) is 1.46. The average Bonchev–Trinajstić information content (AvgIpc) is 2.94. The van der Waals surface area contributed by atoms with Gasteiger partial charge in [0.05, 0.1) is 12.6 Å². The summed E-state index contributed by atoms with van der Waals surface area (Å²) in [5.74, 6) is -0.651. The Labute approximate surface area is 114 Å². The van der Waals surface area contributed by atoms with Gasteiger partial charge < -0.3 is 16.4 Å². The predicted octanol–water partition coefficient (Wildman–Crippen LogP) is -0.705. The molecule has 0 radical (unpaired) electrons. The minimum atomic E-state index is -0.657. The largest absolute Gasteiger partial charge is 0.350 e. The highest BCUT2D eigenvalue weighted by atomic mass is 32.1. The van der Waals surface area contributed by atoms with Crippen LogP contribution in [0.4, 0.5) is 0 Å². The molecule has 0 saturated heterocycles. The summed E-state index contributed by atoms with van der Waals surface area (Å²) in [5.41, 5.74) is 5.41. The maximum atomic E-state index is 12.1. The Hall–Kier alpha value is -1.80. The number of amides is 2. The number of nitrogens with one attached hydrogen (secondary N) is 2. The summed E-state index contributed by atoms with van der Waals surface area (Å²) in [4.78, 5) is 37.7. The van der Waals surface area contributed by atoms with Crippen LogP contribution in [0.15, 0.2) is 11.6 Å². The molecule has 104 valence electrons. The second-order valence-electron chi connectivity index (χ2n) is 3.75. The van der Waals surface area contributed by atoms with E-state index >= 15 is 0 Å². The van der Waals surface area contributed by atoms with Crippen molar-refractivity contribution in [1.29, 1.82) is 0 Å². The fraction of sp³-hybridized carbons (Fsp3) is 0.455. The molecule has 0 aliphatic heterocycles.